The molecule has 2 rings (SSSR count). The van der Waals surface area contributed by atoms with E-state index in [1.807, 2.05) is 19.2 Å². The smallest absolute Gasteiger partial charge is 0.147 e. The number of hydrogen-bond donors (Lipinski definition) is 0. The normalized spacial score (nSPS) is 41.0. The van der Waals surface area contributed by atoms with Crippen molar-refractivity contribution in [2.45, 2.75) is 19.1 Å². The Morgan fingerprint density at radius 3 is 2.69 bits per heavy atom. The predicted molar refractivity (Wildman–Crippen MR) is 48.1 cm³/mol. The lowest BCUT2D eigenvalue weighted by atomic mass is 9.96. The largest absolute Gasteiger partial charge is 0.298 e. The van der Waals surface area contributed by atoms with Crippen molar-refractivity contribution < 1.29 is 9.63 Å². The second-order valence-corrected chi connectivity index (χ2v) is 4.11. The van der Waals surface area contributed by atoms with Crippen molar-refractivity contribution in [1.82, 2.24) is 9.96 Å². The van der Waals surface area contributed by atoms with Gasteiger partial charge in [-0.15, -0.1) is 0 Å². The monoisotopic (exact) mass is 184 g/mol. The molecule has 0 radical (unpaired) electrons. The topological polar surface area (TPSA) is 32.8 Å². The van der Waals surface area contributed by atoms with Crippen molar-refractivity contribution in [2.24, 2.45) is 5.92 Å². The minimum atomic E-state index is 0.0648. The van der Waals surface area contributed by atoms with Gasteiger partial charge in [0.25, 0.3) is 0 Å². The Hall–Kier alpha value is -0.450. The average Bonchev–Trinajstić information content (AvgIpc) is 2.41. The fraction of sp³-hybridized carbons (Fsp3) is 0.889. The van der Waals surface area contributed by atoms with E-state index in [4.69, 9.17) is 4.84 Å². The maximum Gasteiger partial charge on any atom is 0.147 e. The van der Waals surface area contributed by atoms with Gasteiger partial charge in [0.15, 0.2) is 0 Å². The summed E-state index contributed by atoms with van der Waals surface area (Å²) >= 11 is 0. The van der Waals surface area contributed by atoms with Crippen molar-refractivity contribution in [2.75, 3.05) is 27.2 Å². The zero-order chi connectivity index (χ0) is 9.59. The number of likely N-dealkylation sites (N-methyl/N-ethyl adjacent to an activating group) is 1. The maximum absolute atomic E-state index is 11.4. The van der Waals surface area contributed by atoms with E-state index >= 15 is 0 Å². The van der Waals surface area contributed by atoms with Crippen LogP contribution >= 0.6 is 0 Å². The zero-order valence-electron chi connectivity index (χ0n) is 8.36. The van der Waals surface area contributed by atoms with Gasteiger partial charge in [-0.2, -0.15) is 5.06 Å². The molecule has 2 heterocycles. The quantitative estimate of drug-likeness (QED) is 0.562. The van der Waals surface area contributed by atoms with Crippen LogP contribution in [-0.2, 0) is 9.63 Å². The lowest BCUT2D eigenvalue weighted by Crippen LogP contribution is -2.38. The van der Waals surface area contributed by atoms with E-state index in [0.717, 1.165) is 13.1 Å². The van der Waals surface area contributed by atoms with Crippen LogP contribution < -0.4 is 0 Å². The molecule has 13 heavy (non-hydrogen) atoms. The summed E-state index contributed by atoms with van der Waals surface area (Å²) in [6, 6.07) is 0.0648. The summed E-state index contributed by atoms with van der Waals surface area (Å²) in [4.78, 5) is 19.1. The number of nitrogens with zero attached hydrogens (tertiary/aromatic N) is 2. The molecule has 4 nitrogen and oxygen atoms in total. The van der Waals surface area contributed by atoms with Crippen molar-refractivity contribution in [3.63, 3.8) is 0 Å². The molecule has 2 saturated heterocycles. The van der Waals surface area contributed by atoms with Gasteiger partial charge in [-0.3, -0.25) is 14.5 Å². The molecule has 0 bridgehead atoms. The molecule has 0 N–H and O–H groups in total. The molecule has 0 aliphatic carbocycles. The summed E-state index contributed by atoms with van der Waals surface area (Å²) in [5.41, 5.74) is 0. The second kappa shape index (κ2) is 3.04. The molecule has 0 aromatic rings. The summed E-state index contributed by atoms with van der Waals surface area (Å²) < 4.78 is 0. The van der Waals surface area contributed by atoms with Crippen LogP contribution in [0.4, 0.5) is 0 Å². The number of hydrogen-bond acceptors (Lipinski definition) is 4. The number of carbonyl (C=O) groups excluding carboxylic acids is 1. The minimum absolute atomic E-state index is 0.0648. The van der Waals surface area contributed by atoms with E-state index in [9.17, 15) is 4.79 Å². The number of carbonyl (C=O) groups is 1. The van der Waals surface area contributed by atoms with E-state index in [1.54, 1.807) is 6.92 Å². The van der Waals surface area contributed by atoms with E-state index in [0.29, 0.717) is 5.92 Å². The Morgan fingerprint density at radius 2 is 2.08 bits per heavy atom. The molecular weight excluding hydrogens is 168 g/mol. The Morgan fingerprint density at radius 1 is 1.38 bits per heavy atom. The molecule has 4 heteroatoms. The first-order valence-corrected chi connectivity index (χ1v) is 4.68. The van der Waals surface area contributed by atoms with Crippen LogP contribution in [0.3, 0.4) is 0 Å². The van der Waals surface area contributed by atoms with Gasteiger partial charge in [-0.25, -0.2) is 0 Å². The van der Waals surface area contributed by atoms with Crippen LogP contribution in [0.2, 0.25) is 0 Å². The third-order valence-corrected chi connectivity index (χ3v) is 3.03. The number of likely N-dealkylation sites (tertiary alicyclic amines) is 1. The highest BCUT2D eigenvalue weighted by Crippen LogP contribution is 2.32. The Kier molecular flexibility index (Phi) is 2.14. The molecule has 0 saturated carbocycles. The molecule has 3 atom stereocenters. The number of fused-ring (bicyclic) bond motifs is 1. The van der Waals surface area contributed by atoms with Gasteiger partial charge in [0, 0.05) is 26.1 Å². The second-order valence-electron chi connectivity index (χ2n) is 4.11. The van der Waals surface area contributed by atoms with Crippen LogP contribution in [0.1, 0.15) is 6.92 Å². The van der Waals surface area contributed by atoms with E-state index in [-0.39, 0.29) is 17.9 Å². The Bertz CT molecular complexity index is 232. The predicted octanol–water partition coefficient (Wildman–Crippen LogP) is -0.249. The van der Waals surface area contributed by atoms with Crippen LogP contribution in [0.25, 0.3) is 0 Å². The van der Waals surface area contributed by atoms with Gasteiger partial charge in [0.1, 0.15) is 5.78 Å². The van der Waals surface area contributed by atoms with Crippen LogP contribution in [0.5, 0.6) is 0 Å². The SMILES string of the molecule is CC(=O)C1C2CN(C)OC2CN1C. The average molecular weight is 184 g/mol. The molecule has 0 amide bonds. The summed E-state index contributed by atoms with van der Waals surface area (Å²) in [7, 11) is 3.92. The third kappa shape index (κ3) is 1.39. The summed E-state index contributed by atoms with van der Waals surface area (Å²) in [5.74, 6) is 0.626. The molecule has 3 unspecified atom stereocenters. The van der Waals surface area contributed by atoms with Crippen molar-refractivity contribution in [1.29, 1.82) is 0 Å². The first-order chi connectivity index (χ1) is 6.09. The Balaban J connectivity index is 2.14. The minimum Gasteiger partial charge on any atom is -0.298 e. The van der Waals surface area contributed by atoms with Crippen molar-refractivity contribution >= 4 is 5.78 Å². The fourth-order valence-electron chi connectivity index (χ4n) is 2.57. The van der Waals surface area contributed by atoms with Gasteiger partial charge < -0.3 is 0 Å². The van der Waals surface area contributed by atoms with E-state index < -0.39 is 0 Å². The molecule has 74 valence electrons. The molecular formula is C9H16N2O2. The number of ketones is 1. The van der Waals surface area contributed by atoms with Crippen molar-refractivity contribution in [3.05, 3.63) is 0 Å². The van der Waals surface area contributed by atoms with Gasteiger partial charge in [-0.05, 0) is 14.0 Å². The fourth-order valence-corrected chi connectivity index (χ4v) is 2.57. The van der Waals surface area contributed by atoms with Crippen LogP contribution in [0.15, 0.2) is 0 Å². The molecule has 0 aromatic heterocycles. The summed E-state index contributed by atoms with van der Waals surface area (Å²) in [5, 5.41) is 1.85. The lowest BCUT2D eigenvalue weighted by Gasteiger charge is -2.21. The van der Waals surface area contributed by atoms with Gasteiger partial charge in [-0.1, -0.05) is 0 Å². The van der Waals surface area contributed by atoms with Crippen LogP contribution in [0, 0.1) is 5.92 Å². The number of rotatable bonds is 1. The standard InChI is InChI=1S/C9H16N2O2/c1-6(12)9-7-4-11(3)13-8(7)5-10(9)2/h7-9H,4-5H2,1-3H3. The van der Waals surface area contributed by atoms with E-state index in [2.05, 4.69) is 4.90 Å². The van der Waals surface area contributed by atoms with Crippen LogP contribution in [-0.4, -0.2) is 55.1 Å². The van der Waals surface area contributed by atoms with Gasteiger partial charge >= 0.3 is 0 Å². The first kappa shape index (κ1) is 9.12. The maximum atomic E-state index is 11.4. The molecule has 2 aliphatic heterocycles. The summed E-state index contributed by atoms with van der Waals surface area (Å²) in [6.45, 7) is 3.42. The molecule has 2 fully saturated rings. The van der Waals surface area contributed by atoms with Gasteiger partial charge in [0.05, 0.1) is 12.1 Å². The van der Waals surface area contributed by atoms with E-state index in [1.165, 1.54) is 0 Å². The van der Waals surface area contributed by atoms with Gasteiger partial charge in [0.2, 0.25) is 0 Å². The third-order valence-electron chi connectivity index (χ3n) is 3.03. The molecule has 0 spiro atoms. The first-order valence-electron chi connectivity index (χ1n) is 4.68. The van der Waals surface area contributed by atoms with Crippen molar-refractivity contribution in [3.8, 4) is 0 Å². The highest BCUT2D eigenvalue weighted by Gasteiger charge is 2.47. The molecule has 0 aromatic carbocycles. The highest BCUT2D eigenvalue weighted by molar-refractivity contribution is 5.82. The molecule has 2 aliphatic rings. The number of Topliss-reactive ketones (excluding diaryl/α,β-unsaturated/α-hetero) is 1. The lowest BCUT2D eigenvalue weighted by molar-refractivity contribution is -0.128. The Labute approximate surface area is 78.4 Å². The number of hydroxylamine groups is 2. The zero-order valence-corrected chi connectivity index (χ0v) is 8.36. The summed E-state index contributed by atoms with van der Waals surface area (Å²) in [6.07, 6.45) is 0.226. The highest BCUT2D eigenvalue weighted by atomic mass is 16.7.